The van der Waals surface area contributed by atoms with Gasteiger partial charge in [0, 0.05) is 29.9 Å². The number of carbonyl (C=O) groups excluding carboxylic acids is 1. The van der Waals surface area contributed by atoms with Crippen molar-refractivity contribution in [2.75, 3.05) is 11.1 Å². The van der Waals surface area contributed by atoms with Crippen molar-refractivity contribution >= 4 is 40.7 Å². The van der Waals surface area contributed by atoms with E-state index in [0.717, 1.165) is 16.9 Å². The number of benzene rings is 1. The molecule has 4 rings (SSSR count). The number of nitrogens with zero attached hydrogens (tertiary/aromatic N) is 5. The predicted molar refractivity (Wildman–Crippen MR) is 106 cm³/mol. The minimum Gasteiger partial charge on any atom is -0.310 e. The second kappa shape index (κ2) is 7.42. The van der Waals surface area contributed by atoms with Gasteiger partial charge in [-0.25, -0.2) is 0 Å². The zero-order valence-electron chi connectivity index (χ0n) is 14.3. The fourth-order valence-electron chi connectivity index (χ4n) is 2.57. The third kappa shape index (κ3) is 3.81. The second-order valence-corrected chi connectivity index (χ2v) is 7.17. The standard InChI is InChI=1S/C18H15ClN6OS/c1-24-16(10-14(23-24)12-5-7-13(19)8-6-12)20-17(26)11-27-18-22-21-15-4-2-3-9-25(15)18/h2-10H,11H2,1H3,(H,20,26). The number of hydrogen-bond donors (Lipinski definition) is 1. The summed E-state index contributed by atoms with van der Waals surface area (Å²) in [5.41, 5.74) is 2.44. The first-order valence-corrected chi connectivity index (χ1v) is 9.49. The molecule has 0 saturated heterocycles. The first kappa shape index (κ1) is 17.6. The lowest BCUT2D eigenvalue weighted by Gasteiger charge is -2.04. The van der Waals surface area contributed by atoms with E-state index in [9.17, 15) is 4.79 Å². The van der Waals surface area contributed by atoms with E-state index in [1.807, 2.05) is 59.1 Å². The zero-order chi connectivity index (χ0) is 18.8. The van der Waals surface area contributed by atoms with Crippen molar-refractivity contribution in [2.24, 2.45) is 7.05 Å². The van der Waals surface area contributed by atoms with Crippen LogP contribution in [0.3, 0.4) is 0 Å². The number of hydrogen-bond acceptors (Lipinski definition) is 5. The predicted octanol–water partition coefficient (Wildman–Crippen LogP) is 3.51. The molecule has 0 radical (unpaired) electrons. The Balaban J connectivity index is 1.43. The number of rotatable bonds is 5. The molecule has 136 valence electrons. The Bertz CT molecular complexity index is 1100. The van der Waals surface area contributed by atoms with E-state index >= 15 is 0 Å². The number of thioether (sulfide) groups is 1. The van der Waals surface area contributed by atoms with Gasteiger partial charge >= 0.3 is 0 Å². The van der Waals surface area contributed by atoms with Gasteiger partial charge in [0.25, 0.3) is 0 Å². The molecule has 0 bridgehead atoms. The number of anilines is 1. The van der Waals surface area contributed by atoms with Gasteiger partial charge in [0.05, 0.1) is 11.4 Å². The summed E-state index contributed by atoms with van der Waals surface area (Å²) in [7, 11) is 1.79. The highest BCUT2D eigenvalue weighted by Crippen LogP contribution is 2.23. The van der Waals surface area contributed by atoms with E-state index in [-0.39, 0.29) is 11.7 Å². The molecule has 0 aliphatic heterocycles. The summed E-state index contributed by atoms with van der Waals surface area (Å²) >= 11 is 7.25. The quantitative estimate of drug-likeness (QED) is 0.520. The molecule has 0 atom stereocenters. The minimum atomic E-state index is -0.140. The van der Waals surface area contributed by atoms with E-state index in [1.54, 1.807) is 11.7 Å². The van der Waals surface area contributed by atoms with Crippen molar-refractivity contribution in [3.8, 4) is 11.3 Å². The van der Waals surface area contributed by atoms with Crippen LogP contribution < -0.4 is 5.32 Å². The SMILES string of the molecule is Cn1nc(-c2ccc(Cl)cc2)cc1NC(=O)CSc1nnc2ccccn12. The molecule has 27 heavy (non-hydrogen) atoms. The number of carbonyl (C=O) groups is 1. The van der Waals surface area contributed by atoms with E-state index in [4.69, 9.17) is 11.6 Å². The van der Waals surface area contributed by atoms with Crippen LogP contribution in [0.15, 0.2) is 59.9 Å². The Hall–Kier alpha value is -2.84. The van der Waals surface area contributed by atoms with Crippen LogP contribution in [0.5, 0.6) is 0 Å². The van der Waals surface area contributed by atoms with Gasteiger partial charge in [0.2, 0.25) is 5.91 Å². The van der Waals surface area contributed by atoms with Crippen molar-refractivity contribution < 1.29 is 4.79 Å². The molecule has 1 amide bonds. The van der Waals surface area contributed by atoms with Crippen LogP contribution in [-0.2, 0) is 11.8 Å². The molecule has 0 aliphatic rings. The molecule has 1 aromatic carbocycles. The van der Waals surface area contributed by atoms with Crippen molar-refractivity contribution in [3.05, 3.63) is 59.8 Å². The average molecular weight is 399 g/mol. The van der Waals surface area contributed by atoms with Crippen LogP contribution in [0, 0.1) is 0 Å². The Kier molecular flexibility index (Phi) is 4.83. The number of fused-ring (bicyclic) bond motifs is 1. The third-order valence-electron chi connectivity index (χ3n) is 3.90. The number of nitrogens with one attached hydrogen (secondary N) is 1. The normalized spacial score (nSPS) is 11.0. The van der Waals surface area contributed by atoms with Crippen LogP contribution >= 0.6 is 23.4 Å². The van der Waals surface area contributed by atoms with E-state index in [1.165, 1.54) is 11.8 Å². The molecule has 9 heteroatoms. The molecule has 3 heterocycles. The lowest BCUT2D eigenvalue weighted by atomic mass is 10.1. The van der Waals surface area contributed by atoms with Gasteiger partial charge in [0.15, 0.2) is 10.8 Å². The van der Waals surface area contributed by atoms with Crippen LogP contribution in [0.2, 0.25) is 5.02 Å². The van der Waals surface area contributed by atoms with Crippen molar-refractivity contribution in [3.63, 3.8) is 0 Å². The number of aryl methyl sites for hydroxylation is 1. The Labute approximate surface area is 164 Å². The average Bonchev–Trinajstić information content (AvgIpc) is 3.24. The first-order valence-electron chi connectivity index (χ1n) is 8.12. The summed E-state index contributed by atoms with van der Waals surface area (Å²) in [6, 6.07) is 14.9. The number of aromatic nitrogens is 5. The molecule has 0 aliphatic carbocycles. The van der Waals surface area contributed by atoms with Crippen molar-refractivity contribution in [1.29, 1.82) is 0 Å². The van der Waals surface area contributed by atoms with E-state index < -0.39 is 0 Å². The Morgan fingerprint density at radius 3 is 2.81 bits per heavy atom. The fraction of sp³-hybridized carbons (Fsp3) is 0.111. The van der Waals surface area contributed by atoms with Crippen LogP contribution in [-0.4, -0.2) is 36.0 Å². The zero-order valence-corrected chi connectivity index (χ0v) is 15.9. The van der Waals surface area contributed by atoms with Gasteiger partial charge < -0.3 is 5.32 Å². The lowest BCUT2D eigenvalue weighted by molar-refractivity contribution is -0.113. The number of halogens is 1. The molecule has 3 aromatic heterocycles. The van der Waals surface area contributed by atoms with Crippen LogP contribution in [0.4, 0.5) is 5.82 Å². The first-order chi connectivity index (χ1) is 13.1. The maximum atomic E-state index is 12.3. The molecular weight excluding hydrogens is 384 g/mol. The van der Waals surface area contributed by atoms with Crippen LogP contribution in [0.25, 0.3) is 16.9 Å². The maximum Gasteiger partial charge on any atom is 0.235 e. The summed E-state index contributed by atoms with van der Waals surface area (Å²) in [4.78, 5) is 12.3. The molecule has 0 saturated carbocycles. The largest absolute Gasteiger partial charge is 0.310 e. The molecular formula is C18H15ClN6OS. The molecule has 4 aromatic rings. The van der Waals surface area contributed by atoms with Gasteiger partial charge in [-0.1, -0.05) is 41.6 Å². The van der Waals surface area contributed by atoms with Gasteiger partial charge in [-0.15, -0.1) is 10.2 Å². The molecule has 7 nitrogen and oxygen atoms in total. The van der Waals surface area contributed by atoms with Crippen LogP contribution in [0.1, 0.15) is 0 Å². The summed E-state index contributed by atoms with van der Waals surface area (Å²) in [5, 5.41) is 16.8. The maximum absolute atomic E-state index is 12.3. The number of amides is 1. The topological polar surface area (TPSA) is 77.1 Å². The molecule has 0 fully saturated rings. The highest BCUT2D eigenvalue weighted by atomic mass is 35.5. The number of pyridine rings is 1. The summed E-state index contributed by atoms with van der Waals surface area (Å²) < 4.78 is 3.49. The summed E-state index contributed by atoms with van der Waals surface area (Å²) in [5.74, 6) is 0.701. The van der Waals surface area contributed by atoms with Crippen molar-refractivity contribution in [2.45, 2.75) is 5.16 Å². The third-order valence-corrected chi connectivity index (χ3v) is 5.10. The van der Waals surface area contributed by atoms with E-state index in [2.05, 4.69) is 20.6 Å². The summed E-state index contributed by atoms with van der Waals surface area (Å²) in [6.07, 6.45) is 1.87. The molecule has 0 spiro atoms. The van der Waals surface area contributed by atoms with Crippen molar-refractivity contribution in [1.82, 2.24) is 24.4 Å². The van der Waals surface area contributed by atoms with E-state index in [0.29, 0.717) is 16.0 Å². The van der Waals surface area contributed by atoms with Gasteiger partial charge in [-0.3, -0.25) is 13.9 Å². The molecule has 1 N–H and O–H groups in total. The Morgan fingerprint density at radius 1 is 1.19 bits per heavy atom. The smallest absolute Gasteiger partial charge is 0.235 e. The fourth-order valence-corrected chi connectivity index (χ4v) is 3.42. The second-order valence-electron chi connectivity index (χ2n) is 5.79. The minimum absolute atomic E-state index is 0.140. The molecule has 0 unspecified atom stereocenters. The highest BCUT2D eigenvalue weighted by molar-refractivity contribution is 7.99. The lowest BCUT2D eigenvalue weighted by Crippen LogP contribution is -2.16. The van der Waals surface area contributed by atoms with Gasteiger partial charge in [-0.05, 0) is 24.3 Å². The highest BCUT2D eigenvalue weighted by Gasteiger charge is 2.12. The van der Waals surface area contributed by atoms with Gasteiger partial charge in [-0.2, -0.15) is 5.10 Å². The monoisotopic (exact) mass is 398 g/mol. The van der Waals surface area contributed by atoms with Gasteiger partial charge in [0.1, 0.15) is 5.82 Å². The summed E-state index contributed by atoms with van der Waals surface area (Å²) in [6.45, 7) is 0. The Morgan fingerprint density at radius 2 is 2.00 bits per heavy atom.